The van der Waals surface area contributed by atoms with Crippen molar-refractivity contribution < 1.29 is 19.2 Å². The van der Waals surface area contributed by atoms with Crippen LogP contribution in [0.15, 0.2) is 35.9 Å². The number of allylic oxidation sites excluding steroid dienone is 1. The number of Topliss-reactive ketones (excluding diaryl/α,β-unsaturated/α-hetero) is 1. The molecule has 1 saturated carbocycles. The number of carbonyl (C=O) groups is 2. The van der Waals surface area contributed by atoms with Crippen LogP contribution in [0.5, 0.6) is 5.75 Å². The minimum atomic E-state index is -0.489. The molecule has 2 aliphatic rings. The summed E-state index contributed by atoms with van der Waals surface area (Å²) in [4.78, 5) is 27.5. The summed E-state index contributed by atoms with van der Waals surface area (Å²) >= 11 is 0. The van der Waals surface area contributed by atoms with Gasteiger partial charge in [-0.2, -0.15) is 5.90 Å². The molecule has 5 nitrogen and oxygen atoms in total. The Kier molecular flexibility index (Phi) is 6.53. The van der Waals surface area contributed by atoms with Crippen LogP contribution in [0.1, 0.15) is 63.4 Å². The van der Waals surface area contributed by atoms with E-state index in [0.717, 1.165) is 37.0 Å². The van der Waals surface area contributed by atoms with Gasteiger partial charge in [-0.05, 0) is 61.3 Å². The van der Waals surface area contributed by atoms with Gasteiger partial charge in [0.15, 0.2) is 0 Å². The molecule has 0 heterocycles. The lowest BCUT2D eigenvalue weighted by Gasteiger charge is -2.30. The van der Waals surface area contributed by atoms with E-state index in [-0.39, 0.29) is 17.8 Å². The number of nitrogens with two attached hydrogens (primary N) is 1. The first-order valence-electron chi connectivity index (χ1n) is 9.80. The van der Waals surface area contributed by atoms with Gasteiger partial charge in [-0.3, -0.25) is 9.59 Å². The van der Waals surface area contributed by atoms with E-state index >= 15 is 0 Å². The van der Waals surface area contributed by atoms with Crippen LogP contribution in [-0.4, -0.2) is 18.4 Å². The molecule has 0 amide bonds. The monoisotopic (exact) mass is 381 g/mol. The van der Waals surface area contributed by atoms with Gasteiger partial charge in [0, 0.05) is 12.8 Å². The molecular weight excluding hydrogens is 354 g/mol. The molecule has 2 atom stereocenters. The molecular formula is C23H27NO4. The molecule has 3 rings (SSSR count). The van der Waals surface area contributed by atoms with E-state index in [1.807, 2.05) is 24.3 Å². The lowest BCUT2D eigenvalue weighted by molar-refractivity contribution is -0.144. The molecule has 1 aromatic rings. The fraction of sp³-hybridized carbons (Fsp3) is 0.478. The highest BCUT2D eigenvalue weighted by molar-refractivity contribution is 5.82. The zero-order chi connectivity index (χ0) is 20.0. The van der Waals surface area contributed by atoms with E-state index in [2.05, 4.69) is 22.8 Å². The van der Waals surface area contributed by atoms with Gasteiger partial charge in [-0.15, -0.1) is 5.92 Å². The molecule has 2 N–H and O–H groups in total. The molecule has 5 heteroatoms. The first-order chi connectivity index (χ1) is 13.5. The zero-order valence-electron chi connectivity index (χ0n) is 16.3. The number of carbonyl (C=O) groups excluding carboxylic acids is 2. The Morgan fingerprint density at radius 1 is 1.25 bits per heavy atom. The van der Waals surface area contributed by atoms with Crippen molar-refractivity contribution in [3.63, 3.8) is 0 Å². The minimum absolute atomic E-state index is 0.0848. The molecule has 1 aromatic carbocycles. The van der Waals surface area contributed by atoms with E-state index in [1.54, 1.807) is 6.92 Å². The molecule has 148 valence electrons. The Morgan fingerprint density at radius 3 is 2.68 bits per heavy atom. The molecule has 0 radical (unpaired) electrons. The average Bonchev–Trinajstić information content (AvgIpc) is 3.06. The first-order valence-corrected chi connectivity index (χ1v) is 9.80. The van der Waals surface area contributed by atoms with Crippen LogP contribution in [0.2, 0.25) is 0 Å². The van der Waals surface area contributed by atoms with Gasteiger partial charge in [-0.1, -0.05) is 24.1 Å². The SMILES string of the molecule is CC#C[C@@H](CC(=O)ON)c1ccc(OCC2=C[C@]3(CCC2)CCC(=O)C3)cc1. The molecule has 0 aromatic heterocycles. The van der Waals surface area contributed by atoms with Crippen LogP contribution in [0, 0.1) is 17.3 Å². The topological polar surface area (TPSA) is 78.6 Å². The number of rotatable bonds is 6. The Hall–Kier alpha value is -2.58. The molecule has 0 aliphatic heterocycles. The van der Waals surface area contributed by atoms with Gasteiger partial charge < -0.3 is 9.57 Å². The van der Waals surface area contributed by atoms with E-state index in [1.165, 1.54) is 5.57 Å². The van der Waals surface area contributed by atoms with Crippen LogP contribution in [0.3, 0.4) is 0 Å². The normalized spacial score (nSPS) is 22.2. The molecule has 1 fully saturated rings. The summed E-state index contributed by atoms with van der Waals surface area (Å²) in [6, 6.07) is 7.62. The quantitative estimate of drug-likeness (QED) is 0.460. The van der Waals surface area contributed by atoms with Crippen molar-refractivity contribution in [3.05, 3.63) is 41.5 Å². The lowest BCUT2D eigenvalue weighted by atomic mass is 9.75. The van der Waals surface area contributed by atoms with Crippen LogP contribution in [-0.2, 0) is 14.4 Å². The fourth-order valence-electron chi connectivity index (χ4n) is 4.27. The summed E-state index contributed by atoms with van der Waals surface area (Å²) in [7, 11) is 0. The van der Waals surface area contributed by atoms with E-state index in [0.29, 0.717) is 25.2 Å². The Labute approximate surface area is 166 Å². The molecule has 0 bridgehead atoms. The predicted octanol–water partition coefficient (Wildman–Crippen LogP) is 3.83. The third kappa shape index (κ3) is 5.02. The molecule has 2 aliphatic carbocycles. The van der Waals surface area contributed by atoms with Crippen molar-refractivity contribution in [1.82, 2.24) is 0 Å². The second-order valence-electron chi connectivity index (χ2n) is 7.73. The van der Waals surface area contributed by atoms with Crippen molar-refractivity contribution in [1.29, 1.82) is 0 Å². The van der Waals surface area contributed by atoms with Crippen LogP contribution in [0.4, 0.5) is 0 Å². The highest BCUT2D eigenvalue weighted by atomic mass is 16.7. The Bertz CT molecular complexity index is 815. The van der Waals surface area contributed by atoms with Gasteiger partial charge in [0.05, 0.1) is 12.3 Å². The standard InChI is InChI=1S/C23H27NO4/c1-2-4-19(13-22(26)28-24)18-6-8-21(9-7-18)27-16-17-5-3-11-23(14-17)12-10-20(25)15-23/h6-9,14,19H,3,5,10-13,15-16,24H2,1H3/t19-,23-/m0/s1. The maximum Gasteiger partial charge on any atom is 0.326 e. The maximum absolute atomic E-state index is 11.7. The van der Waals surface area contributed by atoms with Crippen molar-refractivity contribution in [3.8, 4) is 17.6 Å². The smallest absolute Gasteiger partial charge is 0.326 e. The fourth-order valence-corrected chi connectivity index (χ4v) is 4.27. The average molecular weight is 381 g/mol. The van der Waals surface area contributed by atoms with Crippen molar-refractivity contribution in [2.24, 2.45) is 11.3 Å². The summed E-state index contributed by atoms with van der Waals surface area (Å²) in [6.45, 7) is 2.29. The number of ether oxygens (including phenoxy) is 1. The molecule has 1 spiro atoms. The van der Waals surface area contributed by atoms with Crippen LogP contribution >= 0.6 is 0 Å². The Morgan fingerprint density at radius 2 is 2.04 bits per heavy atom. The van der Waals surface area contributed by atoms with Crippen molar-refractivity contribution in [2.45, 2.75) is 57.8 Å². The van der Waals surface area contributed by atoms with E-state index in [4.69, 9.17) is 10.6 Å². The molecule has 0 unspecified atom stereocenters. The van der Waals surface area contributed by atoms with Gasteiger partial charge in [0.25, 0.3) is 0 Å². The van der Waals surface area contributed by atoms with Crippen molar-refractivity contribution >= 4 is 11.8 Å². The second-order valence-corrected chi connectivity index (χ2v) is 7.73. The second kappa shape index (κ2) is 9.07. The van der Waals surface area contributed by atoms with E-state index in [9.17, 15) is 9.59 Å². The maximum atomic E-state index is 11.7. The first kappa shape index (κ1) is 20.2. The van der Waals surface area contributed by atoms with Crippen molar-refractivity contribution in [2.75, 3.05) is 6.61 Å². The van der Waals surface area contributed by atoms with E-state index < -0.39 is 5.97 Å². The third-order valence-electron chi connectivity index (χ3n) is 5.66. The number of benzene rings is 1. The van der Waals surface area contributed by atoms with Crippen LogP contribution in [0.25, 0.3) is 0 Å². The minimum Gasteiger partial charge on any atom is -0.489 e. The Balaban J connectivity index is 1.61. The molecule has 0 saturated heterocycles. The number of ketones is 1. The largest absolute Gasteiger partial charge is 0.489 e. The van der Waals surface area contributed by atoms with Gasteiger partial charge in [0.2, 0.25) is 0 Å². The summed E-state index contributed by atoms with van der Waals surface area (Å²) < 4.78 is 5.97. The van der Waals surface area contributed by atoms with Crippen LogP contribution < -0.4 is 10.6 Å². The zero-order valence-corrected chi connectivity index (χ0v) is 16.3. The predicted molar refractivity (Wildman–Crippen MR) is 106 cm³/mol. The summed E-state index contributed by atoms with van der Waals surface area (Å²) in [5.74, 6) is 11.2. The summed E-state index contributed by atoms with van der Waals surface area (Å²) in [6.07, 6.45) is 8.07. The lowest BCUT2D eigenvalue weighted by Crippen LogP contribution is -2.20. The highest BCUT2D eigenvalue weighted by Gasteiger charge is 2.38. The third-order valence-corrected chi connectivity index (χ3v) is 5.66. The molecule has 28 heavy (non-hydrogen) atoms. The van der Waals surface area contributed by atoms with Gasteiger partial charge in [0.1, 0.15) is 18.1 Å². The number of hydrogen-bond donors (Lipinski definition) is 1. The highest BCUT2D eigenvalue weighted by Crippen LogP contribution is 2.45. The number of hydrogen-bond acceptors (Lipinski definition) is 5. The van der Waals surface area contributed by atoms with Gasteiger partial charge >= 0.3 is 5.97 Å². The summed E-state index contributed by atoms with van der Waals surface area (Å²) in [5.41, 5.74) is 2.29. The summed E-state index contributed by atoms with van der Waals surface area (Å²) in [5, 5.41) is 0. The van der Waals surface area contributed by atoms with Gasteiger partial charge in [-0.25, -0.2) is 0 Å².